The summed E-state index contributed by atoms with van der Waals surface area (Å²) in [6.45, 7) is 5.87. The summed E-state index contributed by atoms with van der Waals surface area (Å²) in [7, 11) is 0. The van der Waals surface area contributed by atoms with Gasteiger partial charge in [0.05, 0.1) is 6.61 Å². The van der Waals surface area contributed by atoms with E-state index in [1.165, 1.54) is 0 Å². The van der Waals surface area contributed by atoms with Gasteiger partial charge < -0.3 is 15.3 Å². The Morgan fingerprint density at radius 2 is 2.11 bits per heavy atom. The highest BCUT2D eigenvalue weighted by Crippen LogP contribution is 2.08. The molecule has 0 aliphatic carbocycles. The molecule has 0 atom stereocenters. The number of nitrogens with one attached hydrogen (secondary N) is 1. The summed E-state index contributed by atoms with van der Waals surface area (Å²) in [5.41, 5.74) is 0.419. The lowest BCUT2D eigenvalue weighted by Crippen LogP contribution is -2.34. The van der Waals surface area contributed by atoms with Gasteiger partial charge in [0.25, 0.3) is 5.91 Å². The van der Waals surface area contributed by atoms with Crippen molar-refractivity contribution in [3.05, 3.63) is 23.9 Å². The van der Waals surface area contributed by atoms with Crippen LogP contribution in [0.5, 0.6) is 0 Å². The van der Waals surface area contributed by atoms with Crippen LogP contribution in [0, 0.1) is 0 Å². The molecule has 0 saturated heterocycles. The molecule has 0 aliphatic heterocycles. The predicted octanol–water partition coefficient (Wildman–Crippen LogP) is 1.75. The van der Waals surface area contributed by atoms with E-state index in [0.29, 0.717) is 24.6 Å². The van der Waals surface area contributed by atoms with Crippen LogP contribution in [0.1, 0.15) is 37.2 Å². The first-order valence-corrected chi connectivity index (χ1v) is 6.84. The molecule has 0 saturated carbocycles. The van der Waals surface area contributed by atoms with Crippen molar-refractivity contribution in [3.8, 4) is 0 Å². The van der Waals surface area contributed by atoms with Gasteiger partial charge in [-0.15, -0.1) is 0 Å². The molecule has 0 fully saturated rings. The third-order valence-corrected chi connectivity index (χ3v) is 2.67. The zero-order valence-electron chi connectivity index (χ0n) is 11.7. The molecule has 2 N–H and O–H groups in total. The van der Waals surface area contributed by atoms with Gasteiger partial charge in [-0.3, -0.25) is 4.79 Å². The van der Waals surface area contributed by atoms with E-state index in [2.05, 4.69) is 17.2 Å². The first-order valence-electron chi connectivity index (χ1n) is 6.84. The third-order valence-electron chi connectivity index (χ3n) is 2.67. The zero-order valence-corrected chi connectivity index (χ0v) is 11.7. The number of anilines is 1. The minimum absolute atomic E-state index is 0.0283. The largest absolute Gasteiger partial charge is 0.395 e. The average molecular weight is 265 g/mol. The van der Waals surface area contributed by atoms with E-state index >= 15 is 0 Å². The van der Waals surface area contributed by atoms with Crippen molar-refractivity contribution in [2.24, 2.45) is 0 Å². The maximum absolute atomic E-state index is 12.3. The van der Waals surface area contributed by atoms with Crippen LogP contribution < -0.4 is 5.32 Å². The number of aromatic nitrogens is 1. The number of amides is 1. The van der Waals surface area contributed by atoms with Gasteiger partial charge in [0.2, 0.25) is 0 Å². The maximum Gasteiger partial charge on any atom is 0.272 e. The fourth-order valence-electron chi connectivity index (χ4n) is 1.77. The van der Waals surface area contributed by atoms with Crippen LogP contribution >= 0.6 is 0 Å². The molecule has 1 aromatic heterocycles. The molecule has 5 heteroatoms. The zero-order chi connectivity index (χ0) is 14.1. The Balaban J connectivity index is 2.78. The summed E-state index contributed by atoms with van der Waals surface area (Å²) in [4.78, 5) is 18.2. The minimum atomic E-state index is -0.129. The van der Waals surface area contributed by atoms with E-state index in [4.69, 9.17) is 5.11 Å². The number of hydrogen-bond donors (Lipinski definition) is 2. The number of carbonyl (C=O) groups is 1. The van der Waals surface area contributed by atoms with Crippen LogP contribution in [-0.2, 0) is 0 Å². The van der Waals surface area contributed by atoms with Crippen molar-refractivity contribution in [1.82, 2.24) is 9.88 Å². The lowest BCUT2D eigenvalue weighted by molar-refractivity contribution is 0.0716. The smallest absolute Gasteiger partial charge is 0.272 e. The quantitative estimate of drug-likeness (QED) is 0.751. The van der Waals surface area contributed by atoms with Crippen molar-refractivity contribution in [2.45, 2.75) is 26.7 Å². The summed E-state index contributed by atoms with van der Waals surface area (Å²) in [5, 5.41) is 12.2. The molecule has 1 rings (SSSR count). The van der Waals surface area contributed by atoms with Crippen LogP contribution in [0.15, 0.2) is 18.2 Å². The molecule has 5 nitrogen and oxygen atoms in total. The van der Waals surface area contributed by atoms with E-state index in [0.717, 1.165) is 19.4 Å². The Bertz CT molecular complexity index is 390. The summed E-state index contributed by atoms with van der Waals surface area (Å²) < 4.78 is 0. The lowest BCUT2D eigenvalue weighted by atomic mass is 10.3. The molecular weight excluding hydrogens is 242 g/mol. The van der Waals surface area contributed by atoms with Crippen molar-refractivity contribution in [1.29, 1.82) is 0 Å². The highest BCUT2D eigenvalue weighted by Gasteiger charge is 2.15. The Hall–Kier alpha value is -1.62. The van der Waals surface area contributed by atoms with Crippen LogP contribution in [0.3, 0.4) is 0 Å². The SMILES string of the molecule is CCCNc1cccc(C(=O)N(CCC)CCO)n1. The molecule has 1 aromatic rings. The van der Waals surface area contributed by atoms with Gasteiger partial charge in [-0.2, -0.15) is 0 Å². The molecule has 0 aliphatic rings. The Labute approximate surface area is 114 Å². The minimum Gasteiger partial charge on any atom is -0.395 e. The summed E-state index contributed by atoms with van der Waals surface area (Å²) in [6.07, 6.45) is 1.87. The van der Waals surface area contributed by atoms with Gasteiger partial charge in [0.1, 0.15) is 11.5 Å². The summed E-state index contributed by atoms with van der Waals surface area (Å²) >= 11 is 0. The number of nitrogens with zero attached hydrogens (tertiary/aromatic N) is 2. The average Bonchev–Trinajstić information content (AvgIpc) is 2.44. The van der Waals surface area contributed by atoms with Crippen molar-refractivity contribution < 1.29 is 9.90 Å². The Morgan fingerprint density at radius 3 is 2.74 bits per heavy atom. The molecule has 1 heterocycles. The molecule has 0 unspecified atom stereocenters. The van der Waals surface area contributed by atoms with Crippen LogP contribution in [-0.4, -0.2) is 47.1 Å². The summed E-state index contributed by atoms with van der Waals surface area (Å²) in [6, 6.07) is 5.38. The molecule has 0 bridgehead atoms. The van der Waals surface area contributed by atoms with Crippen LogP contribution in [0.25, 0.3) is 0 Å². The van der Waals surface area contributed by atoms with Gasteiger partial charge in [-0.1, -0.05) is 19.9 Å². The van der Waals surface area contributed by atoms with Gasteiger partial charge in [0, 0.05) is 19.6 Å². The number of aliphatic hydroxyl groups is 1. The monoisotopic (exact) mass is 265 g/mol. The molecular formula is C14H23N3O2. The second kappa shape index (κ2) is 8.48. The van der Waals surface area contributed by atoms with Crippen LogP contribution in [0.2, 0.25) is 0 Å². The molecule has 106 valence electrons. The van der Waals surface area contributed by atoms with E-state index in [1.54, 1.807) is 11.0 Å². The van der Waals surface area contributed by atoms with E-state index in [9.17, 15) is 4.79 Å². The maximum atomic E-state index is 12.3. The number of hydrogen-bond acceptors (Lipinski definition) is 4. The molecule has 0 spiro atoms. The number of carbonyl (C=O) groups excluding carboxylic acids is 1. The van der Waals surface area contributed by atoms with Gasteiger partial charge in [0.15, 0.2) is 0 Å². The van der Waals surface area contributed by atoms with Gasteiger partial charge in [-0.25, -0.2) is 4.98 Å². The Morgan fingerprint density at radius 1 is 1.32 bits per heavy atom. The second-order valence-electron chi connectivity index (χ2n) is 4.35. The van der Waals surface area contributed by atoms with Crippen LogP contribution in [0.4, 0.5) is 5.82 Å². The molecule has 1 amide bonds. The van der Waals surface area contributed by atoms with Crippen molar-refractivity contribution in [3.63, 3.8) is 0 Å². The predicted molar refractivity (Wildman–Crippen MR) is 76.3 cm³/mol. The standard InChI is InChI=1S/C14H23N3O2/c1-3-8-15-13-7-5-6-12(16-13)14(19)17(9-4-2)10-11-18/h5-7,18H,3-4,8-11H2,1-2H3,(H,15,16). The van der Waals surface area contributed by atoms with Gasteiger partial charge in [-0.05, 0) is 25.0 Å². The fourth-order valence-corrected chi connectivity index (χ4v) is 1.77. The first kappa shape index (κ1) is 15.4. The van der Waals surface area contributed by atoms with E-state index in [-0.39, 0.29) is 12.5 Å². The number of rotatable bonds is 8. The molecule has 19 heavy (non-hydrogen) atoms. The first-order chi connectivity index (χ1) is 9.22. The highest BCUT2D eigenvalue weighted by molar-refractivity contribution is 5.92. The number of aliphatic hydroxyl groups excluding tert-OH is 1. The topological polar surface area (TPSA) is 65.5 Å². The Kier molecular flexibility index (Phi) is 6.89. The molecule has 0 aromatic carbocycles. The second-order valence-corrected chi connectivity index (χ2v) is 4.35. The third kappa shape index (κ3) is 4.87. The van der Waals surface area contributed by atoms with E-state index < -0.39 is 0 Å². The fraction of sp³-hybridized carbons (Fsp3) is 0.571. The number of pyridine rings is 1. The highest BCUT2D eigenvalue weighted by atomic mass is 16.3. The van der Waals surface area contributed by atoms with E-state index in [1.807, 2.05) is 19.1 Å². The van der Waals surface area contributed by atoms with Crippen molar-refractivity contribution >= 4 is 11.7 Å². The van der Waals surface area contributed by atoms with Crippen molar-refractivity contribution in [2.75, 3.05) is 31.6 Å². The lowest BCUT2D eigenvalue weighted by Gasteiger charge is -2.20. The van der Waals surface area contributed by atoms with Gasteiger partial charge >= 0.3 is 0 Å². The summed E-state index contributed by atoms with van der Waals surface area (Å²) in [5.74, 6) is 0.587. The normalized spacial score (nSPS) is 10.3. The molecule has 0 radical (unpaired) electrons.